The van der Waals surface area contributed by atoms with Crippen LogP contribution in [0.1, 0.15) is 12.5 Å². The quantitative estimate of drug-likeness (QED) is 0.858. The fourth-order valence-corrected chi connectivity index (χ4v) is 3.39. The van der Waals surface area contributed by atoms with Crippen LogP contribution in [0.3, 0.4) is 0 Å². The van der Waals surface area contributed by atoms with Crippen LogP contribution in [0.5, 0.6) is 0 Å². The molecular formula is C20H23F3N3O+. The van der Waals surface area contributed by atoms with Crippen LogP contribution in [-0.2, 0) is 11.0 Å². The van der Waals surface area contributed by atoms with Crippen molar-refractivity contribution < 1.29 is 22.9 Å². The summed E-state index contributed by atoms with van der Waals surface area (Å²) >= 11 is 0. The van der Waals surface area contributed by atoms with Gasteiger partial charge >= 0.3 is 6.18 Å². The third-order valence-electron chi connectivity index (χ3n) is 5.02. The second kappa shape index (κ2) is 8.00. The standard InChI is InChI=1S/C20H22F3N3O/c1-15(19(27)24-18-10-6-5-9-17(18)20(21,22)23)25-11-13-26(14-12-25)16-7-3-2-4-8-16/h2-10,15H,11-14H2,1H3,(H,24,27)/p+1/t15-/m0/s1. The Hall–Kier alpha value is -2.54. The predicted octanol–water partition coefficient (Wildman–Crippen LogP) is 2.44. The summed E-state index contributed by atoms with van der Waals surface area (Å²) in [6, 6.07) is 14.7. The Morgan fingerprint density at radius 1 is 1.04 bits per heavy atom. The molecular weight excluding hydrogens is 355 g/mol. The van der Waals surface area contributed by atoms with Crippen molar-refractivity contribution in [3.05, 3.63) is 60.2 Å². The van der Waals surface area contributed by atoms with E-state index < -0.39 is 23.7 Å². The van der Waals surface area contributed by atoms with E-state index in [4.69, 9.17) is 0 Å². The smallest absolute Gasteiger partial charge is 0.360 e. The van der Waals surface area contributed by atoms with Crippen molar-refractivity contribution in [2.75, 3.05) is 36.4 Å². The monoisotopic (exact) mass is 378 g/mol. The van der Waals surface area contributed by atoms with Crippen molar-refractivity contribution in [3.8, 4) is 0 Å². The molecule has 2 aromatic carbocycles. The van der Waals surface area contributed by atoms with Crippen LogP contribution in [0.2, 0.25) is 0 Å². The average molecular weight is 378 g/mol. The van der Waals surface area contributed by atoms with Crippen LogP contribution in [0, 0.1) is 0 Å². The highest BCUT2D eigenvalue weighted by Crippen LogP contribution is 2.34. The van der Waals surface area contributed by atoms with Crippen molar-refractivity contribution in [3.63, 3.8) is 0 Å². The molecule has 2 aromatic rings. The molecule has 4 nitrogen and oxygen atoms in total. The van der Waals surface area contributed by atoms with Crippen LogP contribution >= 0.6 is 0 Å². The van der Waals surface area contributed by atoms with Gasteiger partial charge in [0.05, 0.1) is 37.4 Å². The largest absolute Gasteiger partial charge is 0.418 e. The molecule has 0 aromatic heterocycles. The lowest BCUT2D eigenvalue weighted by molar-refractivity contribution is -0.914. The molecule has 1 fully saturated rings. The third kappa shape index (κ3) is 4.60. The lowest BCUT2D eigenvalue weighted by atomic mass is 10.1. The summed E-state index contributed by atoms with van der Waals surface area (Å²) in [5.74, 6) is -0.394. The Morgan fingerprint density at radius 3 is 2.26 bits per heavy atom. The maximum absolute atomic E-state index is 13.1. The molecule has 2 N–H and O–H groups in total. The van der Waals surface area contributed by atoms with E-state index in [0.717, 1.165) is 42.8 Å². The highest BCUT2D eigenvalue weighted by atomic mass is 19.4. The molecule has 7 heteroatoms. The average Bonchev–Trinajstić information content (AvgIpc) is 2.68. The number of rotatable bonds is 4. The minimum Gasteiger partial charge on any atom is -0.360 e. The van der Waals surface area contributed by atoms with E-state index in [1.54, 1.807) is 6.92 Å². The maximum atomic E-state index is 13.1. The SMILES string of the molecule is C[C@@H](C(=O)Nc1ccccc1C(F)(F)F)[NH+]1CCN(c2ccccc2)CC1. The molecule has 144 valence electrons. The van der Waals surface area contributed by atoms with Crippen molar-refractivity contribution in [1.29, 1.82) is 0 Å². The number of piperazine rings is 1. The number of hydrogen-bond donors (Lipinski definition) is 2. The molecule has 0 bridgehead atoms. The summed E-state index contributed by atoms with van der Waals surface area (Å²) < 4.78 is 39.3. The maximum Gasteiger partial charge on any atom is 0.418 e. The number of halogens is 3. The van der Waals surface area contributed by atoms with Crippen molar-refractivity contribution in [2.24, 2.45) is 0 Å². The van der Waals surface area contributed by atoms with Gasteiger partial charge in [0.2, 0.25) is 0 Å². The number of carbonyl (C=O) groups excluding carboxylic acids is 1. The van der Waals surface area contributed by atoms with Crippen LogP contribution < -0.4 is 15.1 Å². The van der Waals surface area contributed by atoms with Gasteiger partial charge in [-0.2, -0.15) is 13.2 Å². The van der Waals surface area contributed by atoms with Crippen LogP contribution in [0.4, 0.5) is 24.5 Å². The summed E-state index contributed by atoms with van der Waals surface area (Å²) in [4.78, 5) is 15.9. The summed E-state index contributed by atoms with van der Waals surface area (Å²) in [6.45, 7) is 4.88. The first-order valence-corrected chi connectivity index (χ1v) is 8.98. The van der Waals surface area contributed by atoms with E-state index in [9.17, 15) is 18.0 Å². The van der Waals surface area contributed by atoms with Gasteiger partial charge in [-0.15, -0.1) is 0 Å². The molecule has 27 heavy (non-hydrogen) atoms. The van der Waals surface area contributed by atoms with E-state index in [-0.39, 0.29) is 5.69 Å². The lowest BCUT2D eigenvalue weighted by Crippen LogP contribution is -3.19. The predicted molar refractivity (Wildman–Crippen MR) is 98.9 cm³/mol. The zero-order valence-electron chi connectivity index (χ0n) is 15.1. The van der Waals surface area contributed by atoms with Crippen LogP contribution in [0.15, 0.2) is 54.6 Å². The number of nitrogens with zero attached hydrogens (tertiary/aromatic N) is 1. The number of hydrogen-bond acceptors (Lipinski definition) is 2. The molecule has 1 heterocycles. The lowest BCUT2D eigenvalue weighted by Gasteiger charge is -2.36. The van der Waals surface area contributed by atoms with Crippen LogP contribution in [0.25, 0.3) is 0 Å². The molecule has 1 amide bonds. The van der Waals surface area contributed by atoms with E-state index in [0.29, 0.717) is 0 Å². The van der Waals surface area contributed by atoms with Gasteiger partial charge in [0.15, 0.2) is 6.04 Å². The zero-order chi connectivity index (χ0) is 19.4. The van der Waals surface area contributed by atoms with Crippen molar-refractivity contribution in [1.82, 2.24) is 0 Å². The fourth-order valence-electron chi connectivity index (χ4n) is 3.39. The Bertz CT molecular complexity index is 772. The second-order valence-corrected chi connectivity index (χ2v) is 6.74. The van der Waals surface area contributed by atoms with Gasteiger partial charge in [-0.25, -0.2) is 0 Å². The molecule has 1 saturated heterocycles. The fraction of sp³-hybridized carbons (Fsp3) is 0.350. The Kier molecular flexibility index (Phi) is 5.70. The van der Waals surface area contributed by atoms with Gasteiger partial charge in [-0.1, -0.05) is 30.3 Å². The van der Waals surface area contributed by atoms with E-state index in [2.05, 4.69) is 22.3 Å². The first kappa shape index (κ1) is 19.2. The number of carbonyl (C=O) groups is 1. The molecule has 3 rings (SSSR count). The van der Waals surface area contributed by atoms with E-state index in [1.807, 2.05) is 18.2 Å². The molecule has 0 unspecified atom stereocenters. The zero-order valence-corrected chi connectivity index (χ0v) is 15.1. The summed E-state index contributed by atoms with van der Waals surface area (Å²) in [5.41, 5.74) is 0.131. The summed E-state index contributed by atoms with van der Waals surface area (Å²) in [5, 5.41) is 2.46. The van der Waals surface area contributed by atoms with Gasteiger partial charge in [-0.3, -0.25) is 4.79 Å². The van der Waals surface area contributed by atoms with Gasteiger partial charge in [0.25, 0.3) is 5.91 Å². The summed E-state index contributed by atoms with van der Waals surface area (Å²) in [7, 11) is 0. The van der Waals surface area contributed by atoms with E-state index >= 15 is 0 Å². The molecule has 0 spiro atoms. The normalized spacial score (nSPS) is 16.8. The molecule has 1 aliphatic rings. The highest BCUT2D eigenvalue weighted by Gasteiger charge is 2.35. The summed E-state index contributed by atoms with van der Waals surface area (Å²) in [6.07, 6.45) is -4.50. The van der Waals surface area contributed by atoms with Crippen LogP contribution in [-0.4, -0.2) is 38.1 Å². The molecule has 0 radical (unpaired) electrons. The van der Waals surface area contributed by atoms with E-state index in [1.165, 1.54) is 18.2 Å². The van der Waals surface area contributed by atoms with Gasteiger partial charge in [-0.05, 0) is 31.2 Å². The number of quaternary nitrogens is 1. The highest BCUT2D eigenvalue weighted by molar-refractivity contribution is 5.94. The van der Waals surface area contributed by atoms with Crippen molar-refractivity contribution >= 4 is 17.3 Å². The number of anilines is 2. The number of alkyl halides is 3. The minimum absolute atomic E-state index is 0.191. The first-order valence-electron chi connectivity index (χ1n) is 8.98. The number of amides is 1. The second-order valence-electron chi connectivity index (χ2n) is 6.74. The molecule has 1 aliphatic heterocycles. The Morgan fingerprint density at radius 2 is 1.63 bits per heavy atom. The first-order chi connectivity index (χ1) is 12.9. The molecule has 0 saturated carbocycles. The van der Waals surface area contributed by atoms with Crippen molar-refractivity contribution in [2.45, 2.75) is 19.1 Å². The Balaban J connectivity index is 1.61. The molecule has 1 atom stereocenters. The van der Waals surface area contributed by atoms with Gasteiger partial charge < -0.3 is 15.1 Å². The number of para-hydroxylation sites is 2. The number of nitrogens with one attached hydrogen (secondary N) is 2. The van der Waals surface area contributed by atoms with Gasteiger partial charge in [0, 0.05) is 5.69 Å². The molecule has 0 aliphatic carbocycles. The topological polar surface area (TPSA) is 36.8 Å². The van der Waals surface area contributed by atoms with Gasteiger partial charge in [0.1, 0.15) is 0 Å². The number of benzene rings is 2. The Labute approximate surface area is 156 Å². The third-order valence-corrected chi connectivity index (χ3v) is 5.02. The minimum atomic E-state index is -4.50.